The number of benzene rings is 1. The van der Waals surface area contributed by atoms with E-state index in [9.17, 15) is 4.79 Å². The standard InChI is InChI=1S/C9H10ClNO/c10-9(6-12)8-3-1-7(5-11)2-4-8/h1-4,6,9H,5,11H2. The van der Waals surface area contributed by atoms with E-state index >= 15 is 0 Å². The molecule has 1 rings (SSSR count). The van der Waals surface area contributed by atoms with Crippen molar-refractivity contribution in [1.29, 1.82) is 0 Å². The highest BCUT2D eigenvalue weighted by atomic mass is 35.5. The lowest BCUT2D eigenvalue weighted by Crippen LogP contribution is -1.97. The van der Waals surface area contributed by atoms with Gasteiger partial charge >= 0.3 is 0 Å². The number of aldehydes is 1. The molecule has 0 fully saturated rings. The van der Waals surface area contributed by atoms with E-state index in [2.05, 4.69) is 0 Å². The summed E-state index contributed by atoms with van der Waals surface area (Å²) in [5.74, 6) is 0. The summed E-state index contributed by atoms with van der Waals surface area (Å²) in [4.78, 5) is 10.3. The van der Waals surface area contributed by atoms with E-state index in [0.717, 1.165) is 11.1 Å². The van der Waals surface area contributed by atoms with Gasteiger partial charge in [0.15, 0.2) is 0 Å². The number of halogens is 1. The molecule has 3 heteroatoms. The van der Waals surface area contributed by atoms with E-state index in [4.69, 9.17) is 17.3 Å². The fourth-order valence-electron chi connectivity index (χ4n) is 0.916. The normalized spacial score (nSPS) is 12.5. The highest BCUT2D eigenvalue weighted by molar-refractivity contribution is 6.27. The van der Waals surface area contributed by atoms with Crippen LogP contribution in [-0.2, 0) is 11.3 Å². The van der Waals surface area contributed by atoms with Gasteiger partial charge in [0.2, 0.25) is 0 Å². The van der Waals surface area contributed by atoms with Crippen molar-refractivity contribution in [2.75, 3.05) is 0 Å². The molecular formula is C9H10ClNO. The minimum atomic E-state index is -0.545. The first-order valence-electron chi connectivity index (χ1n) is 3.66. The third-order valence-electron chi connectivity index (χ3n) is 1.65. The van der Waals surface area contributed by atoms with Crippen LogP contribution in [0.5, 0.6) is 0 Å². The monoisotopic (exact) mass is 183 g/mol. The zero-order valence-corrected chi connectivity index (χ0v) is 7.29. The summed E-state index contributed by atoms with van der Waals surface area (Å²) in [5.41, 5.74) is 7.25. The molecule has 0 spiro atoms. The maximum atomic E-state index is 10.3. The van der Waals surface area contributed by atoms with Crippen LogP contribution in [0.2, 0.25) is 0 Å². The van der Waals surface area contributed by atoms with Crippen LogP contribution in [0.15, 0.2) is 24.3 Å². The van der Waals surface area contributed by atoms with Crippen LogP contribution in [0.4, 0.5) is 0 Å². The Morgan fingerprint density at radius 2 is 2.00 bits per heavy atom. The van der Waals surface area contributed by atoms with Crippen molar-refractivity contribution < 1.29 is 4.79 Å². The van der Waals surface area contributed by atoms with E-state index in [1.807, 2.05) is 24.3 Å². The number of nitrogens with two attached hydrogens (primary N) is 1. The Morgan fingerprint density at radius 3 is 2.42 bits per heavy atom. The molecule has 0 saturated carbocycles. The van der Waals surface area contributed by atoms with Gasteiger partial charge in [0.25, 0.3) is 0 Å². The van der Waals surface area contributed by atoms with Gasteiger partial charge in [0, 0.05) is 6.54 Å². The SMILES string of the molecule is NCc1ccc(C(Cl)C=O)cc1. The van der Waals surface area contributed by atoms with Crippen molar-refractivity contribution in [3.8, 4) is 0 Å². The van der Waals surface area contributed by atoms with Crippen LogP contribution in [0, 0.1) is 0 Å². The zero-order valence-electron chi connectivity index (χ0n) is 6.53. The minimum absolute atomic E-state index is 0.508. The largest absolute Gasteiger partial charge is 0.326 e. The molecule has 1 unspecified atom stereocenters. The van der Waals surface area contributed by atoms with E-state index < -0.39 is 5.38 Å². The van der Waals surface area contributed by atoms with Gasteiger partial charge in [-0.05, 0) is 11.1 Å². The minimum Gasteiger partial charge on any atom is -0.326 e. The maximum absolute atomic E-state index is 10.3. The molecule has 12 heavy (non-hydrogen) atoms. The molecule has 0 aromatic heterocycles. The number of carbonyl (C=O) groups excluding carboxylic acids is 1. The van der Waals surface area contributed by atoms with Gasteiger partial charge < -0.3 is 10.5 Å². The Hall–Kier alpha value is -0.860. The molecule has 64 valence electrons. The maximum Gasteiger partial charge on any atom is 0.142 e. The van der Waals surface area contributed by atoms with Gasteiger partial charge in [-0.2, -0.15) is 0 Å². The van der Waals surface area contributed by atoms with Crippen LogP contribution >= 0.6 is 11.6 Å². The van der Waals surface area contributed by atoms with E-state index in [1.165, 1.54) is 0 Å². The first-order chi connectivity index (χ1) is 5.77. The molecule has 0 bridgehead atoms. The highest BCUT2D eigenvalue weighted by Crippen LogP contribution is 2.17. The van der Waals surface area contributed by atoms with Crippen molar-refractivity contribution in [1.82, 2.24) is 0 Å². The number of rotatable bonds is 3. The smallest absolute Gasteiger partial charge is 0.142 e. The Labute approximate surface area is 76.3 Å². The van der Waals surface area contributed by atoms with Crippen LogP contribution in [0.1, 0.15) is 16.5 Å². The summed E-state index contributed by atoms with van der Waals surface area (Å²) in [5, 5.41) is -0.545. The Balaban J connectivity index is 2.84. The summed E-state index contributed by atoms with van der Waals surface area (Å²) >= 11 is 5.69. The van der Waals surface area contributed by atoms with Gasteiger partial charge in [-0.25, -0.2) is 0 Å². The third kappa shape index (κ3) is 2.06. The number of hydrogen-bond donors (Lipinski definition) is 1. The predicted molar refractivity (Wildman–Crippen MR) is 49.0 cm³/mol. The molecule has 0 radical (unpaired) electrons. The fraction of sp³-hybridized carbons (Fsp3) is 0.222. The summed E-state index contributed by atoms with van der Waals surface area (Å²) in [6.45, 7) is 0.508. The molecular weight excluding hydrogens is 174 g/mol. The molecule has 1 atom stereocenters. The number of carbonyl (C=O) groups is 1. The van der Waals surface area contributed by atoms with Gasteiger partial charge in [-0.15, -0.1) is 11.6 Å². The quantitative estimate of drug-likeness (QED) is 0.572. The molecule has 0 aliphatic carbocycles. The lowest BCUT2D eigenvalue weighted by Gasteiger charge is -2.02. The summed E-state index contributed by atoms with van der Waals surface area (Å²) in [7, 11) is 0. The van der Waals surface area contributed by atoms with E-state index in [-0.39, 0.29) is 0 Å². The average molecular weight is 184 g/mol. The van der Waals surface area contributed by atoms with Gasteiger partial charge in [0.1, 0.15) is 11.7 Å². The van der Waals surface area contributed by atoms with Crippen LogP contribution < -0.4 is 5.73 Å². The highest BCUT2D eigenvalue weighted by Gasteiger charge is 2.04. The van der Waals surface area contributed by atoms with Crippen LogP contribution in [0.25, 0.3) is 0 Å². The zero-order chi connectivity index (χ0) is 8.97. The predicted octanol–water partition coefficient (Wildman–Crippen LogP) is 1.62. The Kier molecular flexibility index (Phi) is 3.26. The molecule has 0 aliphatic rings. The first kappa shape index (κ1) is 9.23. The molecule has 0 saturated heterocycles. The Morgan fingerprint density at radius 1 is 1.42 bits per heavy atom. The summed E-state index contributed by atoms with van der Waals surface area (Å²) < 4.78 is 0. The molecule has 0 heterocycles. The summed E-state index contributed by atoms with van der Waals surface area (Å²) in [6, 6.07) is 7.37. The first-order valence-corrected chi connectivity index (χ1v) is 4.10. The molecule has 1 aromatic rings. The van der Waals surface area contributed by atoms with Crippen molar-refractivity contribution in [2.45, 2.75) is 11.9 Å². The molecule has 2 N–H and O–H groups in total. The van der Waals surface area contributed by atoms with Crippen molar-refractivity contribution >= 4 is 17.9 Å². The second-order valence-corrected chi connectivity index (χ2v) is 2.95. The van der Waals surface area contributed by atoms with Gasteiger partial charge in [-0.3, -0.25) is 0 Å². The lowest BCUT2D eigenvalue weighted by molar-refractivity contribution is -0.107. The van der Waals surface area contributed by atoms with Crippen LogP contribution in [0.3, 0.4) is 0 Å². The lowest BCUT2D eigenvalue weighted by atomic mass is 10.1. The molecule has 0 amide bonds. The molecule has 2 nitrogen and oxygen atoms in total. The fourth-order valence-corrected chi connectivity index (χ4v) is 1.06. The topological polar surface area (TPSA) is 43.1 Å². The van der Waals surface area contributed by atoms with Crippen molar-refractivity contribution in [3.63, 3.8) is 0 Å². The third-order valence-corrected chi connectivity index (χ3v) is 2.01. The van der Waals surface area contributed by atoms with Gasteiger partial charge in [0.05, 0.1) is 0 Å². The number of alkyl halides is 1. The second kappa shape index (κ2) is 4.24. The number of hydrogen-bond acceptors (Lipinski definition) is 2. The van der Waals surface area contributed by atoms with Crippen molar-refractivity contribution in [3.05, 3.63) is 35.4 Å². The van der Waals surface area contributed by atoms with Crippen molar-refractivity contribution in [2.24, 2.45) is 5.73 Å². The molecule has 0 aliphatic heterocycles. The van der Waals surface area contributed by atoms with E-state index in [1.54, 1.807) is 0 Å². The van der Waals surface area contributed by atoms with Gasteiger partial charge in [-0.1, -0.05) is 24.3 Å². The molecule has 1 aromatic carbocycles. The summed E-state index contributed by atoms with van der Waals surface area (Å²) in [6.07, 6.45) is 0.707. The van der Waals surface area contributed by atoms with E-state index in [0.29, 0.717) is 12.8 Å². The Bertz CT molecular complexity index is 258. The van der Waals surface area contributed by atoms with Crippen LogP contribution in [-0.4, -0.2) is 6.29 Å². The second-order valence-electron chi connectivity index (χ2n) is 2.48. The average Bonchev–Trinajstić information content (AvgIpc) is 2.17.